The number of carboxylic acids is 1. The minimum atomic E-state index is -0.828. The molecule has 0 radical (unpaired) electrons. The van der Waals surface area contributed by atoms with E-state index in [0.717, 1.165) is 29.6 Å². The maximum atomic E-state index is 11.0. The molecule has 0 unspecified atom stereocenters. The highest BCUT2D eigenvalue weighted by atomic mass is 35.5. The smallest absolute Gasteiger partial charge is 0.307 e. The van der Waals surface area contributed by atoms with Crippen molar-refractivity contribution in [3.05, 3.63) is 51.0 Å². The third-order valence-corrected chi connectivity index (χ3v) is 3.64. The van der Waals surface area contributed by atoms with E-state index < -0.39 is 5.97 Å². The lowest BCUT2D eigenvalue weighted by atomic mass is 9.99. The van der Waals surface area contributed by atoms with Crippen molar-refractivity contribution in [2.75, 3.05) is 0 Å². The fourth-order valence-corrected chi connectivity index (χ4v) is 2.47. The van der Waals surface area contributed by atoms with Crippen LogP contribution in [0.1, 0.15) is 38.7 Å². The Morgan fingerprint density at radius 3 is 2.40 bits per heavy atom. The Bertz CT molecular complexity index is 539. The van der Waals surface area contributed by atoms with E-state index in [4.69, 9.17) is 28.3 Å². The zero-order valence-electron chi connectivity index (χ0n) is 11.6. The van der Waals surface area contributed by atoms with Crippen LogP contribution in [0.4, 0.5) is 0 Å². The number of hydrogen-bond acceptors (Lipinski definition) is 1. The Kier molecular flexibility index (Phi) is 6.83. The van der Waals surface area contributed by atoms with Crippen LogP contribution in [0.2, 0.25) is 10.0 Å². The fourth-order valence-electron chi connectivity index (χ4n) is 2.00. The Balaban J connectivity index is 3.08. The van der Waals surface area contributed by atoms with Gasteiger partial charge in [0.25, 0.3) is 0 Å². The summed E-state index contributed by atoms with van der Waals surface area (Å²) in [5, 5.41) is 10.1. The van der Waals surface area contributed by atoms with Crippen LogP contribution in [0.3, 0.4) is 0 Å². The number of carboxylic acid groups (broad SMARTS) is 1. The van der Waals surface area contributed by atoms with Gasteiger partial charge in [0.05, 0.1) is 6.42 Å². The van der Waals surface area contributed by atoms with Crippen LogP contribution in [-0.4, -0.2) is 11.1 Å². The third kappa shape index (κ3) is 5.03. The van der Waals surface area contributed by atoms with Crippen LogP contribution in [0.15, 0.2) is 35.4 Å². The molecule has 0 aliphatic carbocycles. The highest BCUT2D eigenvalue weighted by Crippen LogP contribution is 2.24. The van der Waals surface area contributed by atoms with E-state index in [0.29, 0.717) is 10.0 Å². The molecule has 108 valence electrons. The second-order valence-corrected chi connectivity index (χ2v) is 5.25. The number of carbonyl (C=O) groups is 1. The normalized spacial score (nSPS) is 10.8. The summed E-state index contributed by atoms with van der Waals surface area (Å²) in [6.45, 7) is 4.06. The molecule has 1 N–H and O–H groups in total. The van der Waals surface area contributed by atoms with Crippen LogP contribution < -0.4 is 0 Å². The van der Waals surface area contributed by atoms with Crippen molar-refractivity contribution in [1.29, 1.82) is 0 Å². The van der Waals surface area contributed by atoms with Gasteiger partial charge in [-0.05, 0) is 36.1 Å². The zero-order chi connectivity index (χ0) is 15.1. The molecule has 0 atom stereocenters. The summed E-state index contributed by atoms with van der Waals surface area (Å²) < 4.78 is 0. The van der Waals surface area contributed by atoms with Gasteiger partial charge in [-0.15, -0.1) is 0 Å². The average Bonchev–Trinajstić information content (AvgIpc) is 2.38. The highest BCUT2D eigenvalue weighted by Gasteiger charge is 2.06. The van der Waals surface area contributed by atoms with Gasteiger partial charge in [-0.25, -0.2) is 0 Å². The topological polar surface area (TPSA) is 37.3 Å². The van der Waals surface area contributed by atoms with Crippen molar-refractivity contribution in [3.63, 3.8) is 0 Å². The van der Waals surface area contributed by atoms with Crippen molar-refractivity contribution < 1.29 is 9.90 Å². The van der Waals surface area contributed by atoms with Gasteiger partial charge in [0.15, 0.2) is 0 Å². The molecule has 1 aromatic rings. The fraction of sp³-hybridized carbons (Fsp3) is 0.312. The van der Waals surface area contributed by atoms with Gasteiger partial charge in [0.1, 0.15) is 0 Å². The summed E-state index contributed by atoms with van der Waals surface area (Å²) in [6, 6.07) is 5.25. The summed E-state index contributed by atoms with van der Waals surface area (Å²) in [5.74, 6) is -0.828. The molecule has 0 aliphatic heterocycles. The molecule has 4 heteroatoms. The highest BCUT2D eigenvalue weighted by molar-refractivity contribution is 6.35. The molecular weight excluding hydrogens is 295 g/mol. The monoisotopic (exact) mass is 312 g/mol. The number of aliphatic carboxylic acids is 1. The van der Waals surface area contributed by atoms with E-state index in [1.54, 1.807) is 12.1 Å². The first-order chi connectivity index (χ1) is 9.47. The summed E-state index contributed by atoms with van der Waals surface area (Å²) in [7, 11) is 0. The molecule has 0 heterocycles. The molecule has 0 amide bonds. The number of allylic oxidation sites excluding steroid dienone is 2. The summed E-state index contributed by atoms with van der Waals surface area (Å²) in [4.78, 5) is 11.0. The number of halogens is 2. The van der Waals surface area contributed by atoms with E-state index in [-0.39, 0.29) is 6.42 Å². The van der Waals surface area contributed by atoms with E-state index in [1.807, 2.05) is 32.1 Å². The van der Waals surface area contributed by atoms with Gasteiger partial charge in [-0.1, -0.05) is 60.8 Å². The van der Waals surface area contributed by atoms with Gasteiger partial charge in [0, 0.05) is 10.0 Å². The van der Waals surface area contributed by atoms with Gasteiger partial charge in [-0.3, -0.25) is 4.79 Å². The molecule has 0 spiro atoms. The molecule has 20 heavy (non-hydrogen) atoms. The standard InChI is InChI=1S/C16H18Cl2O2/c1-3-11(4-2)13(9-16(19)20)6-5-12-7-8-14(17)10-15(12)18/h5-8,10H,3-4,9H2,1-2H3,(H,19,20)/b6-5+. The first kappa shape index (κ1) is 16.8. The zero-order valence-corrected chi connectivity index (χ0v) is 13.1. The largest absolute Gasteiger partial charge is 0.481 e. The van der Waals surface area contributed by atoms with Gasteiger partial charge in [0.2, 0.25) is 0 Å². The van der Waals surface area contributed by atoms with Crippen molar-refractivity contribution in [2.24, 2.45) is 0 Å². The van der Waals surface area contributed by atoms with Crippen LogP contribution in [-0.2, 0) is 4.79 Å². The molecule has 0 aromatic heterocycles. The summed E-state index contributed by atoms with van der Waals surface area (Å²) in [6.07, 6.45) is 5.39. The SMILES string of the molecule is CCC(CC)=C(/C=C/c1ccc(Cl)cc1Cl)CC(=O)O. The lowest BCUT2D eigenvalue weighted by Gasteiger charge is -2.07. The minimum Gasteiger partial charge on any atom is -0.481 e. The van der Waals surface area contributed by atoms with Crippen LogP contribution in [0, 0.1) is 0 Å². The molecule has 0 saturated carbocycles. The first-order valence-electron chi connectivity index (χ1n) is 6.53. The predicted octanol–water partition coefficient (Wildman–Crippen LogP) is 5.60. The average molecular weight is 313 g/mol. The second-order valence-electron chi connectivity index (χ2n) is 4.41. The van der Waals surface area contributed by atoms with Gasteiger partial charge in [-0.2, -0.15) is 0 Å². The number of hydrogen-bond donors (Lipinski definition) is 1. The van der Waals surface area contributed by atoms with Gasteiger partial charge < -0.3 is 5.11 Å². The van der Waals surface area contributed by atoms with Crippen LogP contribution in [0.25, 0.3) is 6.08 Å². The molecule has 1 rings (SSSR count). The molecule has 0 bridgehead atoms. The van der Waals surface area contributed by atoms with Crippen molar-refractivity contribution in [2.45, 2.75) is 33.1 Å². The van der Waals surface area contributed by atoms with Gasteiger partial charge >= 0.3 is 5.97 Å². The van der Waals surface area contributed by atoms with E-state index in [2.05, 4.69) is 0 Å². The van der Waals surface area contributed by atoms with Crippen molar-refractivity contribution in [1.82, 2.24) is 0 Å². The second kappa shape index (κ2) is 8.13. The molecule has 0 aliphatic rings. The maximum absolute atomic E-state index is 11.0. The predicted molar refractivity (Wildman–Crippen MR) is 85.4 cm³/mol. The maximum Gasteiger partial charge on any atom is 0.307 e. The number of rotatable bonds is 6. The first-order valence-corrected chi connectivity index (χ1v) is 7.29. The van der Waals surface area contributed by atoms with E-state index in [1.165, 1.54) is 0 Å². The Labute approximate surface area is 129 Å². The van der Waals surface area contributed by atoms with Crippen LogP contribution >= 0.6 is 23.2 Å². The Hall–Kier alpha value is -1.25. The quantitative estimate of drug-likeness (QED) is 0.694. The molecule has 0 fully saturated rings. The summed E-state index contributed by atoms with van der Waals surface area (Å²) >= 11 is 11.9. The van der Waals surface area contributed by atoms with Crippen molar-refractivity contribution in [3.8, 4) is 0 Å². The third-order valence-electron chi connectivity index (χ3n) is 3.08. The Morgan fingerprint density at radius 1 is 1.25 bits per heavy atom. The lowest BCUT2D eigenvalue weighted by molar-refractivity contribution is -0.136. The molecule has 1 aromatic carbocycles. The lowest BCUT2D eigenvalue weighted by Crippen LogP contribution is -1.99. The molecular formula is C16H18Cl2O2. The molecule has 2 nitrogen and oxygen atoms in total. The molecule has 0 saturated heterocycles. The van der Waals surface area contributed by atoms with E-state index >= 15 is 0 Å². The van der Waals surface area contributed by atoms with E-state index in [9.17, 15) is 4.79 Å². The summed E-state index contributed by atoms with van der Waals surface area (Å²) in [5.41, 5.74) is 2.81. The van der Waals surface area contributed by atoms with Crippen LogP contribution in [0.5, 0.6) is 0 Å². The minimum absolute atomic E-state index is 0.0265. The van der Waals surface area contributed by atoms with Crippen molar-refractivity contribution >= 4 is 35.2 Å². The number of benzene rings is 1. The Morgan fingerprint density at radius 2 is 1.90 bits per heavy atom.